The molecule has 2 aromatic rings. The molecule has 0 aliphatic carbocycles. The molecule has 0 bridgehead atoms. The van der Waals surface area contributed by atoms with Crippen LogP contribution in [0.4, 0.5) is 0 Å². The van der Waals surface area contributed by atoms with Crippen molar-refractivity contribution in [1.82, 2.24) is 4.90 Å². The van der Waals surface area contributed by atoms with Gasteiger partial charge in [0, 0.05) is 6.54 Å². The lowest BCUT2D eigenvalue weighted by Crippen LogP contribution is -2.30. The molecule has 130 valence electrons. The lowest BCUT2D eigenvalue weighted by atomic mass is 10.0. The van der Waals surface area contributed by atoms with Gasteiger partial charge in [-0.3, -0.25) is 0 Å². The summed E-state index contributed by atoms with van der Waals surface area (Å²) >= 11 is 0. The van der Waals surface area contributed by atoms with Crippen molar-refractivity contribution < 1.29 is 20.1 Å². The van der Waals surface area contributed by atoms with E-state index in [4.69, 9.17) is 4.74 Å². The average molecular weight is 331 g/mol. The van der Waals surface area contributed by atoms with E-state index >= 15 is 0 Å². The summed E-state index contributed by atoms with van der Waals surface area (Å²) in [4.78, 5) is 1.90. The number of aliphatic hydroxyl groups excluding tert-OH is 1. The van der Waals surface area contributed by atoms with Crippen LogP contribution in [-0.4, -0.2) is 53.6 Å². The van der Waals surface area contributed by atoms with E-state index in [-0.39, 0.29) is 18.1 Å². The van der Waals surface area contributed by atoms with Crippen molar-refractivity contribution in [2.75, 3.05) is 27.2 Å². The summed E-state index contributed by atoms with van der Waals surface area (Å²) in [7, 11) is 3.79. The van der Waals surface area contributed by atoms with Gasteiger partial charge in [-0.15, -0.1) is 0 Å². The van der Waals surface area contributed by atoms with E-state index < -0.39 is 6.10 Å². The first-order valence-corrected chi connectivity index (χ1v) is 7.99. The number of hydrogen-bond acceptors (Lipinski definition) is 5. The monoisotopic (exact) mass is 331 g/mol. The van der Waals surface area contributed by atoms with Crippen molar-refractivity contribution in [1.29, 1.82) is 0 Å². The Morgan fingerprint density at radius 2 is 1.75 bits per heavy atom. The van der Waals surface area contributed by atoms with Crippen LogP contribution in [-0.2, 0) is 12.8 Å². The molecule has 3 N–H and O–H groups in total. The van der Waals surface area contributed by atoms with E-state index in [1.807, 2.05) is 31.1 Å². The van der Waals surface area contributed by atoms with E-state index in [0.717, 1.165) is 11.1 Å². The fourth-order valence-corrected chi connectivity index (χ4v) is 2.55. The number of hydrogen-bond donors (Lipinski definition) is 3. The van der Waals surface area contributed by atoms with Crippen LogP contribution < -0.4 is 4.74 Å². The zero-order valence-corrected chi connectivity index (χ0v) is 14.1. The van der Waals surface area contributed by atoms with Crippen LogP contribution in [0.2, 0.25) is 0 Å². The van der Waals surface area contributed by atoms with Gasteiger partial charge in [-0.05, 0) is 68.4 Å². The highest BCUT2D eigenvalue weighted by atomic mass is 16.5. The maximum absolute atomic E-state index is 9.92. The second-order valence-electron chi connectivity index (χ2n) is 6.19. The SMILES string of the molecule is CN(C)C[C@@H](O)COc1ccc(O)cc1CCc1cccc(O)c1. The Hall–Kier alpha value is -2.24. The van der Waals surface area contributed by atoms with Gasteiger partial charge >= 0.3 is 0 Å². The summed E-state index contributed by atoms with van der Waals surface area (Å²) in [6.45, 7) is 0.721. The molecule has 0 aromatic heterocycles. The molecule has 2 aromatic carbocycles. The number of phenolic OH excluding ortho intramolecular Hbond substituents is 2. The van der Waals surface area contributed by atoms with Gasteiger partial charge in [-0.1, -0.05) is 12.1 Å². The van der Waals surface area contributed by atoms with Gasteiger partial charge in [0.15, 0.2) is 0 Å². The highest BCUT2D eigenvalue weighted by Crippen LogP contribution is 2.25. The Morgan fingerprint density at radius 3 is 2.46 bits per heavy atom. The normalized spacial score (nSPS) is 12.3. The average Bonchev–Trinajstić information content (AvgIpc) is 2.51. The standard InChI is InChI=1S/C19H25NO4/c1-20(2)12-18(23)13-24-19-9-8-17(22)11-15(19)7-6-14-4-3-5-16(21)10-14/h3-5,8-11,18,21-23H,6-7,12-13H2,1-2H3/t18-/m1/s1. The quantitative estimate of drug-likeness (QED) is 0.691. The Kier molecular flexibility index (Phi) is 6.46. The van der Waals surface area contributed by atoms with Crippen molar-refractivity contribution in [3.05, 3.63) is 53.6 Å². The Labute approximate surface area is 142 Å². The molecule has 0 heterocycles. The molecule has 0 saturated carbocycles. The molecule has 0 unspecified atom stereocenters. The molecule has 0 saturated heterocycles. The second-order valence-corrected chi connectivity index (χ2v) is 6.19. The van der Waals surface area contributed by atoms with Crippen molar-refractivity contribution in [3.63, 3.8) is 0 Å². The number of phenols is 2. The molecule has 0 aliphatic heterocycles. The van der Waals surface area contributed by atoms with Gasteiger partial charge < -0.3 is 25.0 Å². The Balaban J connectivity index is 2.01. The number of nitrogens with zero attached hydrogens (tertiary/aromatic N) is 1. The summed E-state index contributed by atoms with van der Waals surface area (Å²) in [5.74, 6) is 1.08. The minimum atomic E-state index is -0.576. The van der Waals surface area contributed by atoms with E-state index in [9.17, 15) is 15.3 Å². The van der Waals surface area contributed by atoms with Gasteiger partial charge in [-0.2, -0.15) is 0 Å². The molecule has 0 spiro atoms. The van der Waals surface area contributed by atoms with E-state index in [2.05, 4.69) is 0 Å². The predicted octanol–water partition coefficient (Wildman–Crippen LogP) is 2.18. The van der Waals surface area contributed by atoms with E-state index in [0.29, 0.717) is 25.1 Å². The van der Waals surface area contributed by atoms with E-state index in [1.54, 1.807) is 30.3 Å². The fourth-order valence-electron chi connectivity index (χ4n) is 2.55. The molecular formula is C19H25NO4. The van der Waals surface area contributed by atoms with Crippen LogP contribution in [0.3, 0.4) is 0 Å². The number of rotatable bonds is 8. The van der Waals surface area contributed by atoms with Crippen molar-refractivity contribution in [2.24, 2.45) is 0 Å². The number of aliphatic hydroxyl groups is 1. The molecule has 1 atom stereocenters. The molecule has 0 fully saturated rings. The maximum Gasteiger partial charge on any atom is 0.122 e. The van der Waals surface area contributed by atoms with Crippen LogP contribution in [0.25, 0.3) is 0 Å². The minimum Gasteiger partial charge on any atom is -0.508 e. The van der Waals surface area contributed by atoms with Gasteiger partial charge in [0.2, 0.25) is 0 Å². The smallest absolute Gasteiger partial charge is 0.122 e. The zero-order chi connectivity index (χ0) is 17.5. The van der Waals surface area contributed by atoms with Gasteiger partial charge in [-0.25, -0.2) is 0 Å². The molecule has 0 aliphatic rings. The predicted molar refractivity (Wildman–Crippen MR) is 93.7 cm³/mol. The lowest BCUT2D eigenvalue weighted by molar-refractivity contribution is 0.0827. The summed E-state index contributed by atoms with van der Waals surface area (Å²) in [5, 5.41) is 29.2. The largest absolute Gasteiger partial charge is 0.508 e. The van der Waals surface area contributed by atoms with Crippen LogP contribution >= 0.6 is 0 Å². The molecule has 0 amide bonds. The van der Waals surface area contributed by atoms with Crippen molar-refractivity contribution in [2.45, 2.75) is 18.9 Å². The molecule has 0 radical (unpaired) electrons. The molecule has 5 nitrogen and oxygen atoms in total. The van der Waals surface area contributed by atoms with Crippen LogP contribution in [0.1, 0.15) is 11.1 Å². The maximum atomic E-state index is 9.92. The highest BCUT2D eigenvalue weighted by Gasteiger charge is 2.10. The van der Waals surface area contributed by atoms with Crippen molar-refractivity contribution >= 4 is 0 Å². The van der Waals surface area contributed by atoms with E-state index in [1.165, 1.54) is 0 Å². The molecule has 5 heteroatoms. The number of aromatic hydroxyl groups is 2. The number of ether oxygens (including phenoxy) is 1. The third-order valence-corrected chi connectivity index (χ3v) is 3.64. The third-order valence-electron chi connectivity index (χ3n) is 3.64. The summed E-state index contributed by atoms with van der Waals surface area (Å²) in [6.07, 6.45) is 0.804. The molecular weight excluding hydrogens is 306 g/mol. The van der Waals surface area contributed by atoms with Gasteiger partial charge in [0.05, 0.1) is 0 Å². The van der Waals surface area contributed by atoms with Crippen LogP contribution in [0, 0.1) is 0 Å². The number of benzene rings is 2. The number of likely N-dealkylation sites (N-methyl/N-ethyl adjacent to an activating group) is 1. The lowest BCUT2D eigenvalue weighted by Gasteiger charge is -2.18. The number of aryl methyl sites for hydroxylation is 2. The Morgan fingerprint density at radius 1 is 1.00 bits per heavy atom. The second kappa shape index (κ2) is 8.57. The van der Waals surface area contributed by atoms with Crippen LogP contribution in [0.15, 0.2) is 42.5 Å². The first-order valence-electron chi connectivity index (χ1n) is 7.99. The van der Waals surface area contributed by atoms with Crippen LogP contribution in [0.5, 0.6) is 17.2 Å². The summed E-state index contributed by atoms with van der Waals surface area (Å²) < 4.78 is 5.73. The third kappa shape index (κ3) is 5.76. The van der Waals surface area contributed by atoms with Gasteiger partial charge in [0.25, 0.3) is 0 Å². The Bertz CT molecular complexity index is 658. The summed E-state index contributed by atoms with van der Waals surface area (Å²) in [6, 6.07) is 12.1. The topological polar surface area (TPSA) is 73.2 Å². The molecule has 24 heavy (non-hydrogen) atoms. The highest BCUT2D eigenvalue weighted by molar-refractivity contribution is 5.40. The first kappa shape index (κ1) is 18.1. The first-order chi connectivity index (χ1) is 11.4. The van der Waals surface area contributed by atoms with Crippen molar-refractivity contribution in [3.8, 4) is 17.2 Å². The summed E-state index contributed by atoms with van der Waals surface area (Å²) in [5.41, 5.74) is 1.88. The zero-order valence-electron chi connectivity index (χ0n) is 14.1. The fraction of sp³-hybridized carbons (Fsp3) is 0.368. The minimum absolute atomic E-state index is 0.182. The molecule has 2 rings (SSSR count). The van der Waals surface area contributed by atoms with Gasteiger partial charge in [0.1, 0.15) is 30.0 Å².